The molecule has 11 heteroatoms. The Hall–Kier alpha value is -3.46. The van der Waals surface area contributed by atoms with Crippen molar-refractivity contribution in [2.75, 3.05) is 17.2 Å². The molecule has 3 N–H and O–H groups in total. The number of carbonyl (C=O) groups excluding carboxylic acids is 2. The molecule has 3 aromatic rings. The predicted octanol–water partition coefficient (Wildman–Crippen LogP) is 4.66. The van der Waals surface area contributed by atoms with E-state index in [2.05, 4.69) is 21.6 Å². The van der Waals surface area contributed by atoms with Crippen molar-refractivity contribution in [3.8, 4) is 6.07 Å². The second-order valence-electron chi connectivity index (χ2n) is 9.01. The highest BCUT2D eigenvalue weighted by Gasteiger charge is 2.42. The monoisotopic (exact) mass is 562 g/mol. The number of thiophene rings is 1. The number of benzene rings is 1. The Labute approximate surface area is 233 Å². The summed E-state index contributed by atoms with van der Waals surface area (Å²) in [4.78, 5) is 28.3. The van der Waals surface area contributed by atoms with E-state index in [1.807, 2.05) is 48.7 Å². The number of aryl methyl sites for hydroxylation is 1. The number of anilines is 1. The van der Waals surface area contributed by atoms with Gasteiger partial charge in [0.05, 0.1) is 23.3 Å². The molecule has 0 radical (unpaired) electrons. The SMILES string of the molecule is Cc1ccsc1C1C(C#N)=C(N)N(c2nnc(SCC(=O)NCCc3ccccc3)s2)C2=C1C(=O)CCC2. The van der Waals surface area contributed by atoms with Gasteiger partial charge >= 0.3 is 0 Å². The number of nitriles is 1. The van der Waals surface area contributed by atoms with E-state index in [0.29, 0.717) is 46.4 Å². The molecule has 194 valence electrons. The van der Waals surface area contributed by atoms with Crippen LogP contribution in [0.5, 0.6) is 0 Å². The van der Waals surface area contributed by atoms with Gasteiger partial charge < -0.3 is 11.1 Å². The molecule has 1 aliphatic carbocycles. The quantitative estimate of drug-likeness (QED) is 0.380. The first-order valence-corrected chi connectivity index (χ1v) is 14.9. The molecule has 2 aromatic heterocycles. The third-order valence-corrected chi connectivity index (χ3v) is 9.70. The third-order valence-electron chi connectivity index (χ3n) is 6.57. The van der Waals surface area contributed by atoms with Crippen LogP contribution in [0.2, 0.25) is 0 Å². The predicted molar refractivity (Wildman–Crippen MR) is 151 cm³/mol. The maximum atomic E-state index is 13.2. The Morgan fingerprint density at radius 3 is 2.82 bits per heavy atom. The standard InChI is InChI=1S/C27H26N6O2S3/c1-16-11-13-36-24(16)22-18(14-28)25(29)33(19-8-5-9-20(34)23(19)22)26-31-32-27(38-26)37-15-21(35)30-12-10-17-6-3-2-4-7-17/h2-4,6-7,11,13,22H,5,8-10,12,15,29H2,1H3,(H,30,35). The lowest BCUT2D eigenvalue weighted by Crippen LogP contribution is -2.38. The van der Waals surface area contributed by atoms with Gasteiger partial charge in [-0.3, -0.25) is 14.5 Å². The number of rotatable bonds is 8. The van der Waals surface area contributed by atoms with Gasteiger partial charge in [0, 0.05) is 29.1 Å². The molecule has 8 nitrogen and oxygen atoms in total. The summed E-state index contributed by atoms with van der Waals surface area (Å²) in [6, 6.07) is 14.3. The summed E-state index contributed by atoms with van der Waals surface area (Å²) in [5.74, 6) is -0.000357. The number of nitrogens with zero attached hydrogens (tertiary/aromatic N) is 4. The molecule has 1 aromatic carbocycles. The van der Waals surface area contributed by atoms with E-state index in [4.69, 9.17) is 5.73 Å². The van der Waals surface area contributed by atoms with Gasteiger partial charge in [-0.15, -0.1) is 21.5 Å². The molecule has 1 atom stereocenters. The van der Waals surface area contributed by atoms with Gasteiger partial charge in [-0.05, 0) is 48.8 Å². The van der Waals surface area contributed by atoms with Crippen molar-refractivity contribution in [1.29, 1.82) is 5.26 Å². The Bertz CT molecular complexity index is 1470. The normalized spacial score (nSPS) is 17.4. The molecule has 3 heterocycles. The second kappa shape index (κ2) is 11.5. The van der Waals surface area contributed by atoms with Crippen LogP contribution in [-0.4, -0.2) is 34.2 Å². The number of ketones is 1. The summed E-state index contributed by atoms with van der Waals surface area (Å²) >= 11 is 4.14. The van der Waals surface area contributed by atoms with E-state index < -0.39 is 5.92 Å². The number of nitrogens with two attached hydrogens (primary N) is 1. The number of hydrogen-bond donors (Lipinski definition) is 2. The zero-order chi connectivity index (χ0) is 26.6. The lowest BCUT2D eigenvalue weighted by atomic mass is 9.78. The molecule has 0 saturated carbocycles. The summed E-state index contributed by atoms with van der Waals surface area (Å²) < 4.78 is 0.616. The van der Waals surface area contributed by atoms with Crippen LogP contribution in [0.4, 0.5) is 5.13 Å². The van der Waals surface area contributed by atoms with Crippen LogP contribution >= 0.6 is 34.4 Å². The smallest absolute Gasteiger partial charge is 0.230 e. The number of nitrogens with one attached hydrogen (secondary N) is 1. The van der Waals surface area contributed by atoms with Crippen LogP contribution in [0, 0.1) is 18.3 Å². The Morgan fingerprint density at radius 1 is 1.26 bits per heavy atom. The fourth-order valence-electron chi connectivity index (χ4n) is 4.77. The molecule has 0 saturated heterocycles. The van der Waals surface area contributed by atoms with Crippen LogP contribution in [0.25, 0.3) is 0 Å². The van der Waals surface area contributed by atoms with Crippen LogP contribution in [0.1, 0.15) is 41.2 Å². The summed E-state index contributed by atoms with van der Waals surface area (Å²) in [6.07, 6.45) is 2.59. The first kappa shape index (κ1) is 26.2. The van der Waals surface area contributed by atoms with Crippen molar-refractivity contribution in [3.63, 3.8) is 0 Å². The molecule has 1 amide bonds. The molecule has 1 unspecified atom stereocenters. The van der Waals surface area contributed by atoms with Gasteiger partial charge in [0.15, 0.2) is 10.1 Å². The van der Waals surface area contributed by atoms with E-state index in [1.54, 1.807) is 4.90 Å². The average molecular weight is 563 g/mol. The number of aromatic nitrogens is 2. The number of hydrogen-bond acceptors (Lipinski definition) is 10. The minimum absolute atomic E-state index is 0.0422. The maximum absolute atomic E-state index is 13.2. The largest absolute Gasteiger partial charge is 0.384 e. The lowest BCUT2D eigenvalue weighted by molar-refractivity contribution is -0.118. The summed E-state index contributed by atoms with van der Waals surface area (Å²) in [5.41, 5.74) is 10.6. The molecular formula is C27H26N6O2S3. The highest BCUT2D eigenvalue weighted by atomic mass is 32.2. The minimum Gasteiger partial charge on any atom is -0.384 e. The zero-order valence-electron chi connectivity index (χ0n) is 20.8. The van der Waals surface area contributed by atoms with Crippen molar-refractivity contribution in [2.45, 2.75) is 42.9 Å². The number of allylic oxidation sites excluding steroid dienone is 3. The fourth-order valence-corrected chi connectivity index (χ4v) is 7.52. The van der Waals surface area contributed by atoms with Crippen molar-refractivity contribution in [3.05, 3.63) is 80.4 Å². The Kier molecular flexibility index (Phi) is 7.93. The topological polar surface area (TPSA) is 125 Å². The molecule has 2 aliphatic rings. The van der Waals surface area contributed by atoms with Gasteiger partial charge in [-0.2, -0.15) is 5.26 Å². The van der Waals surface area contributed by atoms with Gasteiger partial charge in [0.2, 0.25) is 11.0 Å². The van der Waals surface area contributed by atoms with E-state index in [1.165, 1.54) is 40.0 Å². The van der Waals surface area contributed by atoms with E-state index >= 15 is 0 Å². The van der Waals surface area contributed by atoms with Gasteiger partial charge in [-0.1, -0.05) is 53.4 Å². The molecule has 1 aliphatic heterocycles. The molecular weight excluding hydrogens is 537 g/mol. The maximum Gasteiger partial charge on any atom is 0.230 e. The highest BCUT2D eigenvalue weighted by Crippen LogP contribution is 2.48. The van der Waals surface area contributed by atoms with Crippen molar-refractivity contribution in [2.24, 2.45) is 5.73 Å². The third kappa shape index (κ3) is 5.25. The first-order chi connectivity index (χ1) is 18.5. The van der Waals surface area contributed by atoms with Crippen LogP contribution in [0.15, 0.2) is 68.8 Å². The number of carbonyl (C=O) groups is 2. The number of Topliss-reactive ketones (excluding diaryl/α,β-unsaturated/α-hetero) is 1. The fraction of sp³-hybridized carbons (Fsp3) is 0.296. The first-order valence-electron chi connectivity index (χ1n) is 12.2. The summed E-state index contributed by atoms with van der Waals surface area (Å²) in [7, 11) is 0. The summed E-state index contributed by atoms with van der Waals surface area (Å²) in [5, 5.41) is 24.1. The number of amides is 1. The highest BCUT2D eigenvalue weighted by molar-refractivity contribution is 8.01. The molecule has 0 bridgehead atoms. The summed E-state index contributed by atoms with van der Waals surface area (Å²) in [6.45, 7) is 2.55. The minimum atomic E-state index is -0.458. The molecule has 5 rings (SSSR count). The molecule has 0 fully saturated rings. The van der Waals surface area contributed by atoms with Gasteiger partial charge in [-0.25, -0.2) is 0 Å². The van der Waals surface area contributed by atoms with Gasteiger partial charge in [0.1, 0.15) is 5.82 Å². The average Bonchev–Trinajstić information content (AvgIpc) is 3.56. The van der Waals surface area contributed by atoms with Crippen molar-refractivity contribution < 1.29 is 9.59 Å². The molecule has 0 spiro atoms. The van der Waals surface area contributed by atoms with E-state index in [0.717, 1.165) is 22.6 Å². The Morgan fingerprint density at radius 2 is 2.08 bits per heavy atom. The zero-order valence-corrected chi connectivity index (χ0v) is 23.2. The Balaban J connectivity index is 1.33. The second-order valence-corrected chi connectivity index (χ2v) is 12.1. The van der Waals surface area contributed by atoms with E-state index in [-0.39, 0.29) is 23.3 Å². The van der Waals surface area contributed by atoms with Crippen molar-refractivity contribution in [1.82, 2.24) is 15.5 Å². The van der Waals surface area contributed by atoms with E-state index in [9.17, 15) is 14.9 Å². The number of thioether (sulfide) groups is 1. The van der Waals surface area contributed by atoms with Crippen molar-refractivity contribution >= 4 is 51.3 Å². The van der Waals surface area contributed by atoms with Crippen LogP contribution < -0.4 is 16.0 Å². The van der Waals surface area contributed by atoms with Crippen LogP contribution in [-0.2, 0) is 16.0 Å². The van der Waals surface area contributed by atoms with Crippen LogP contribution in [0.3, 0.4) is 0 Å². The lowest BCUT2D eigenvalue weighted by Gasteiger charge is -2.37. The molecule has 38 heavy (non-hydrogen) atoms. The van der Waals surface area contributed by atoms with Gasteiger partial charge in [0.25, 0.3) is 0 Å².